The van der Waals surface area contributed by atoms with E-state index in [4.69, 9.17) is 15.9 Å². The Bertz CT molecular complexity index is 391. The highest BCUT2D eigenvalue weighted by Gasteiger charge is 2.26. The van der Waals surface area contributed by atoms with Gasteiger partial charge in [0.25, 0.3) is 0 Å². The molecule has 92 valence electrons. The summed E-state index contributed by atoms with van der Waals surface area (Å²) in [4.78, 5) is 21.5. The number of hydrogen-bond donors (Lipinski definition) is 3. The lowest BCUT2D eigenvalue weighted by Gasteiger charge is -2.18. The van der Waals surface area contributed by atoms with Crippen LogP contribution in [0, 0.1) is 5.92 Å². The van der Waals surface area contributed by atoms with E-state index < -0.39 is 23.9 Å². The van der Waals surface area contributed by atoms with E-state index in [9.17, 15) is 9.59 Å². The number of carboxylic acids is 2. The van der Waals surface area contributed by atoms with Crippen LogP contribution in [-0.4, -0.2) is 28.2 Å². The van der Waals surface area contributed by atoms with Crippen LogP contribution in [-0.2, 0) is 16.0 Å². The first kappa shape index (κ1) is 13.2. The van der Waals surface area contributed by atoms with Gasteiger partial charge in [0, 0.05) is 0 Å². The lowest BCUT2D eigenvalue weighted by molar-refractivity contribution is -0.142. The summed E-state index contributed by atoms with van der Waals surface area (Å²) in [6.45, 7) is 0. The van der Waals surface area contributed by atoms with Gasteiger partial charge in [-0.15, -0.1) is 0 Å². The minimum absolute atomic E-state index is 0.248. The second kappa shape index (κ2) is 6.00. The molecule has 0 heterocycles. The molecule has 5 nitrogen and oxygen atoms in total. The first-order chi connectivity index (χ1) is 8.00. The van der Waals surface area contributed by atoms with Crippen molar-refractivity contribution in [1.29, 1.82) is 0 Å². The average Bonchev–Trinajstić information content (AvgIpc) is 2.28. The maximum Gasteiger partial charge on any atom is 0.320 e. The molecule has 4 N–H and O–H groups in total. The smallest absolute Gasteiger partial charge is 0.320 e. The van der Waals surface area contributed by atoms with Crippen LogP contribution >= 0.6 is 0 Å². The lowest BCUT2D eigenvalue weighted by Crippen LogP contribution is -2.40. The van der Waals surface area contributed by atoms with E-state index >= 15 is 0 Å². The van der Waals surface area contributed by atoms with Crippen molar-refractivity contribution < 1.29 is 19.8 Å². The first-order valence-corrected chi connectivity index (χ1v) is 5.25. The molecular formula is C12H15NO4. The molecule has 0 saturated carbocycles. The van der Waals surface area contributed by atoms with Crippen LogP contribution < -0.4 is 5.73 Å². The highest BCUT2D eigenvalue weighted by Crippen LogP contribution is 2.15. The van der Waals surface area contributed by atoms with Gasteiger partial charge in [-0.05, 0) is 17.9 Å². The van der Waals surface area contributed by atoms with Gasteiger partial charge in [0.05, 0.1) is 6.42 Å². The van der Waals surface area contributed by atoms with E-state index in [1.807, 2.05) is 30.3 Å². The number of aliphatic carboxylic acids is 2. The molecule has 1 aromatic carbocycles. The van der Waals surface area contributed by atoms with Crippen LogP contribution in [0.2, 0.25) is 0 Å². The van der Waals surface area contributed by atoms with Crippen LogP contribution in [0.15, 0.2) is 30.3 Å². The van der Waals surface area contributed by atoms with E-state index in [-0.39, 0.29) is 6.42 Å². The van der Waals surface area contributed by atoms with Crippen molar-refractivity contribution >= 4 is 11.9 Å². The molecule has 1 rings (SSSR count). The summed E-state index contributed by atoms with van der Waals surface area (Å²) in [5.41, 5.74) is 6.38. The second-order valence-corrected chi connectivity index (χ2v) is 3.91. The lowest BCUT2D eigenvalue weighted by atomic mass is 9.90. The molecule has 2 atom stereocenters. The third-order valence-corrected chi connectivity index (χ3v) is 2.57. The number of hydrogen-bond acceptors (Lipinski definition) is 3. The minimum Gasteiger partial charge on any atom is -0.481 e. The SMILES string of the molecule is NC(C(=O)O)C(CC(=O)O)Cc1ccccc1. The third kappa shape index (κ3) is 4.24. The maximum atomic E-state index is 10.8. The zero-order valence-corrected chi connectivity index (χ0v) is 9.24. The fourth-order valence-electron chi connectivity index (χ4n) is 1.67. The van der Waals surface area contributed by atoms with Crippen molar-refractivity contribution in [2.24, 2.45) is 11.7 Å². The predicted molar refractivity (Wildman–Crippen MR) is 61.5 cm³/mol. The fraction of sp³-hybridized carbons (Fsp3) is 0.333. The standard InChI is InChI=1S/C12H15NO4/c13-11(12(16)17)9(7-10(14)15)6-8-4-2-1-3-5-8/h1-5,9,11H,6-7,13H2,(H,14,15)(H,16,17). The molecule has 0 aliphatic heterocycles. The number of benzene rings is 1. The summed E-state index contributed by atoms with van der Waals surface area (Å²) in [6.07, 6.45) is 0.100. The number of carbonyl (C=O) groups is 2. The van der Waals surface area contributed by atoms with Gasteiger partial charge < -0.3 is 15.9 Å². The molecule has 5 heteroatoms. The molecule has 0 bridgehead atoms. The van der Waals surface area contributed by atoms with Crippen molar-refractivity contribution in [3.63, 3.8) is 0 Å². The van der Waals surface area contributed by atoms with Crippen molar-refractivity contribution in [2.45, 2.75) is 18.9 Å². The molecule has 0 aromatic heterocycles. The Morgan fingerprint density at radius 1 is 1.18 bits per heavy atom. The molecule has 0 aliphatic rings. The second-order valence-electron chi connectivity index (χ2n) is 3.91. The molecule has 0 fully saturated rings. The quantitative estimate of drug-likeness (QED) is 0.677. The van der Waals surface area contributed by atoms with Crippen molar-refractivity contribution in [3.8, 4) is 0 Å². The van der Waals surface area contributed by atoms with Crippen LogP contribution in [0.25, 0.3) is 0 Å². The van der Waals surface area contributed by atoms with Crippen LogP contribution in [0.3, 0.4) is 0 Å². The summed E-state index contributed by atoms with van der Waals surface area (Å²) in [5, 5.41) is 17.6. The Morgan fingerprint density at radius 3 is 2.24 bits per heavy atom. The topological polar surface area (TPSA) is 101 Å². The molecular weight excluding hydrogens is 222 g/mol. The number of rotatable bonds is 6. The van der Waals surface area contributed by atoms with Crippen molar-refractivity contribution in [3.05, 3.63) is 35.9 Å². The normalized spacial score (nSPS) is 13.9. The molecule has 1 aromatic rings. The van der Waals surface area contributed by atoms with Crippen LogP contribution in [0.1, 0.15) is 12.0 Å². The van der Waals surface area contributed by atoms with Crippen molar-refractivity contribution in [2.75, 3.05) is 0 Å². The molecule has 0 aliphatic carbocycles. The molecule has 0 radical (unpaired) electrons. The van der Waals surface area contributed by atoms with Gasteiger partial charge in [0.2, 0.25) is 0 Å². The van der Waals surface area contributed by atoms with Gasteiger partial charge in [-0.25, -0.2) is 0 Å². The Hall–Kier alpha value is -1.88. The maximum absolute atomic E-state index is 10.8. The highest BCUT2D eigenvalue weighted by atomic mass is 16.4. The summed E-state index contributed by atoms with van der Waals surface area (Å²) < 4.78 is 0. The summed E-state index contributed by atoms with van der Waals surface area (Å²) in [5.74, 6) is -2.82. The van der Waals surface area contributed by atoms with Gasteiger partial charge in [0.15, 0.2) is 0 Å². The Morgan fingerprint density at radius 2 is 1.76 bits per heavy atom. The largest absolute Gasteiger partial charge is 0.481 e. The van der Waals surface area contributed by atoms with Gasteiger partial charge in [-0.1, -0.05) is 30.3 Å². The van der Waals surface area contributed by atoms with Crippen LogP contribution in [0.5, 0.6) is 0 Å². The Balaban J connectivity index is 2.77. The summed E-state index contributed by atoms with van der Waals surface area (Å²) in [7, 11) is 0. The molecule has 0 amide bonds. The van der Waals surface area contributed by atoms with E-state index in [0.29, 0.717) is 6.42 Å². The molecule has 17 heavy (non-hydrogen) atoms. The van der Waals surface area contributed by atoms with E-state index in [2.05, 4.69) is 0 Å². The molecule has 2 unspecified atom stereocenters. The number of nitrogens with two attached hydrogens (primary N) is 1. The van der Waals surface area contributed by atoms with E-state index in [1.165, 1.54) is 0 Å². The van der Waals surface area contributed by atoms with E-state index in [0.717, 1.165) is 5.56 Å². The summed E-state index contributed by atoms with van der Waals surface area (Å²) >= 11 is 0. The number of carboxylic acid groups (broad SMARTS) is 2. The van der Waals surface area contributed by atoms with Gasteiger partial charge in [-0.2, -0.15) is 0 Å². The van der Waals surface area contributed by atoms with E-state index in [1.54, 1.807) is 0 Å². The highest BCUT2D eigenvalue weighted by molar-refractivity contribution is 5.75. The average molecular weight is 237 g/mol. The predicted octanol–water partition coefficient (Wildman–Crippen LogP) is 0.732. The molecule has 0 spiro atoms. The van der Waals surface area contributed by atoms with Gasteiger partial charge in [0.1, 0.15) is 6.04 Å². The fourth-order valence-corrected chi connectivity index (χ4v) is 1.67. The monoisotopic (exact) mass is 237 g/mol. The Kier molecular flexibility index (Phi) is 4.66. The van der Waals surface area contributed by atoms with Gasteiger partial charge in [-0.3, -0.25) is 9.59 Å². The zero-order chi connectivity index (χ0) is 12.8. The summed E-state index contributed by atoms with van der Waals surface area (Å²) in [6, 6.07) is 7.96. The minimum atomic E-state index is -1.17. The zero-order valence-electron chi connectivity index (χ0n) is 9.24. The molecule has 0 saturated heterocycles. The third-order valence-electron chi connectivity index (χ3n) is 2.57. The van der Waals surface area contributed by atoms with Gasteiger partial charge >= 0.3 is 11.9 Å². The van der Waals surface area contributed by atoms with Crippen molar-refractivity contribution in [1.82, 2.24) is 0 Å². The Labute approximate surface area is 98.9 Å². The van der Waals surface area contributed by atoms with Crippen LogP contribution in [0.4, 0.5) is 0 Å². The first-order valence-electron chi connectivity index (χ1n) is 5.25.